The summed E-state index contributed by atoms with van der Waals surface area (Å²) in [5.41, 5.74) is 0.407. The van der Waals surface area contributed by atoms with Gasteiger partial charge in [-0.2, -0.15) is 4.31 Å². The van der Waals surface area contributed by atoms with Gasteiger partial charge in [0.2, 0.25) is 10.0 Å². The minimum absolute atomic E-state index is 0.0533. The molecule has 1 unspecified atom stereocenters. The van der Waals surface area contributed by atoms with Crippen LogP contribution in [0.2, 0.25) is 5.02 Å². The molecule has 1 aromatic carbocycles. The third-order valence-electron chi connectivity index (χ3n) is 3.40. The van der Waals surface area contributed by atoms with Crippen LogP contribution in [0.1, 0.15) is 17.3 Å². The van der Waals surface area contributed by atoms with Crippen molar-refractivity contribution in [2.24, 2.45) is 0 Å². The normalized spacial score (nSPS) is 19.8. The molecule has 1 aromatic rings. The first-order valence-electron chi connectivity index (χ1n) is 7.01. The lowest BCUT2D eigenvalue weighted by Crippen LogP contribution is -2.49. The van der Waals surface area contributed by atoms with Crippen molar-refractivity contribution in [3.8, 4) is 0 Å². The van der Waals surface area contributed by atoms with E-state index < -0.39 is 10.0 Å². The molecule has 2 rings (SSSR count). The van der Waals surface area contributed by atoms with Gasteiger partial charge in [0.25, 0.3) is 5.91 Å². The third-order valence-corrected chi connectivity index (χ3v) is 5.61. The molecule has 0 aliphatic carbocycles. The molecule has 1 N–H and O–H groups in total. The Kier molecular flexibility index (Phi) is 5.80. The number of sulfonamides is 1. The van der Waals surface area contributed by atoms with Gasteiger partial charge in [-0.15, -0.1) is 0 Å². The molecule has 1 aliphatic heterocycles. The van der Waals surface area contributed by atoms with Gasteiger partial charge in [-0.1, -0.05) is 17.7 Å². The van der Waals surface area contributed by atoms with Crippen molar-refractivity contribution >= 4 is 27.5 Å². The van der Waals surface area contributed by atoms with Crippen LogP contribution < -0.4 is 5.32 Å². The summed E-state index contributed by atoms with van der Waals surface area (Å²) in [4.78, 5) is 11.9. The van der Waals surface area contributed by atoms with Gasteiger partial charge in [0.15, 0.2) is 0 Å². The molecule has 1 atom stereocenters. The number of carbonyl (C=O) groups is 1. The molecule has 0 bridgehead atoms. The fourth-order valence-electron chi connectivity index (χ4n) is 2.27. The zero-order chi connectivity index (χ0) is 16.2. The van der Waals surface area contributed by atoms with Gasteiger partial charge in [0.1, 0.15) is 0 Å². The summed E-state index contributed by atoms with van der Waals surface area (Å²) in [6.07, 6.45) is 0. The Labute approximate surface area is 135 Å². The minimum Gasteiger partial charge on any atom is -0.378 e. The Morgan fingerprint density at radius 2 is 2.27 bits per heavy atom. The van der Waals surface area contributed by atoms with Crippen LogP contribution in [0.25, 0.3) is 0 Å². The number of halogens is 1. The lowest BCUT2D eigenvalue weighted by molar-refractivity contribution is 0.0393. The van der Waals surface area contributed by atoms with Gasteiger partial charge in [0.05, 0.1) is 19.0 Å². The highest BCUT2D eigenvalue weighted by molar-refractivity contribution is 7.89. The smallest absolute Gasteiger partial charge is 0.251 e. The number of hydrogen-bond donors (Lipinski definition) is 1. The number of ether oxygens (including phenoxy) is 1. The van der Waals surface area contributed by atoms with E-state index in [2.05, 4.69) is 5.32 Å². The number of benzene rings is 1. The van der Waals surface area contributed by atoms with E-state index in [9.17, 15) is 13.2 Å². The zero-order valence-corrected chi connectivity index (χ0v) is 13.9. The van der Waals surface area contributed by atoms with E-state index in [1.54, 1.807) is 25.1 Å². The average Bonchev–Trinajstić information content (AvgIpc) is 2.47. The van der Waals surface area contributed by atoms with Crippen LogP contribution in [0.15, 0.2) is 24.3 Å². The minimum atomic E-state index is -3.41. The third kappa shape index (κ3) is 4.42. The maximum atomic E-state index is 12.3. The van der Waals surface area contributed by atoms with Gasteiger partial charge >= 0.3 is 0 Å². The summed E-state index contributed by atoms with van der Waals surface area (Å²) in [5.74, 6) is -0.475. The second-order valence-electron chi connectivity index (χ2n) is 5.12. The number of nitrogens with zero attached hydrogens (tertiary/aromatic N) is 1. The second-order valence-corrected chi connectivity index (χ2v) is 7.59. The maximum Gasteiger partial charge on any atom is 0.251 e. The molecule has 1 heterocycles. The van der Waals surface area contributed by atoms with Gasteiger partial charge in [-0.05, 0) is 25.1 Å². The van der Waals surface area contributed by atoms with E-state index in [4.69, 9.17) is 16.3 Å². The molecule has 1 fully saturated rings. The van der Waals surface area contributed by atoms with Crippen molar-refractivity contribution in [1.82, 2.24) is 9.62 Å². The summed E-state index contributed by atoms with van der Waals surface area (Å²) >= 11 is 5.82. The molecule has 0 saturated carbocycles. The first-order valence-corrected chi connectivity index (χ1v) is 9.00. The first-order chi connectivity index (χ1) is 10.4. The number of morpholine rings is 1. The first kappa shape index (κ1) is 17.2. The van der Waals surface area contributed by atoms with E-state index in [0.29, 0.717) is 30.3 Å². The van der Waals surface area contributed by atoms with Gasteiger partial charge in [-0.25, -0.2) is 8.42 Å². The van der Waals surface area contributed by atoms with Crippen molar-refractivity contribution in [2.75, 3.05) is 32.1 Å². The second kappa shape index (κ2) is 7.41. The molecule has 6 nitrogen and oxygen atoms in total. The zero-order valence-electron chi connectivity index (χ0n) is 12.3. The van der Waals surface area contributed by atoms with Crippen molar-refractivity contribution in [2.45, 2.75) is 13.0 Å². The largest absolute Gasteiger partial charge is 0.378 e. The number of carbonyl (C=O) groups excluding carboxylic acids is 1. The van der Waals surface area contributed by atoms with Crippen molar-refractivity contribution in [3.63, 3.8) is 0 Å². The molecule has 0 aromatic heterocycles. The molecule has 1 amide bonds. The van der Waals surface area contributed by atoms with E-state index in [1.165, 1.54) is 10.4 Å². The molecule has 0 radical (unpaired) electrons. The highest BCUT2D eigenvalue weighted by Crippen LogP contribution is 2.13. The molecule has 122 valence electrons. The Bertz CT molecular complexity index is 635. The molecule has 8 heteroatoms. The topological polar surface area (TPSA) is 75.7 Å². The lowest BCUT2D eigenvalue weighted by atomic mass is 10.2. The lowest BCUT2D eigenvalue weighted by Gasteiger charge is -2.32. The van der Waals surface area contributed by atoms with Crippen LogP contribution in [-0.2, 0) is 14.8 Å². The van der Waals surface area contributed by atoms with Gasteiger partial charge in [0, 0.05) is 29.7 Å². The summed E-state index contributed by atoms with van der Waals surface area (Å²) in [6, 6.07) is 6.32. The van der Waals surface area contributed by atoms with Crippen LogP contribution >= 0.6 is 11.6 Å². The van der Waals surface area contributed by atoms with Crippen molar-refractivity contribution in [1.29, 1.82) is 0 Å². The summed E-state index contributed by atoms with van der Waals surface area (Å²) in [7, 11) is -3.41. The van der Waals surface area contributed by atoms with Crippen LogP contribution in [-0.4, -0.2) is 56.7 Å². The molecular weight excluding hydrogens is 328 g/mol. The van der Waals surface area contributed by atoms with E-state index in [0.717, 1.165) is 0 Å². The van der Waals surface area contributed by atoms with Crippen molar-refractivity contribution in [3.05, 3.63) is 34.9 Å². The molecule has 22 heavy (non-hydrogen) atoms. The van der Waals surface area contributed by atoms with Crippen LogP contribution in [0.5, 0.6) is 0 Å². The molecule has 0 spiro atoms. The summed E-state index contributed by atoms with van der Waals surface area (Å²) < 4.78 is 31.2. The van der Waals surface area contributed by atoms with Crippen LogP contribution in [0, 0.1) is 0 Å². The number of rotatable bonds is 5. The Morgan fingerprint density at radius 3 is 2.95 bits per heavy atom. The average molecular weight is 347 g/mol. The summed E-state index contributed by atoms with van der Waals surface area (Å²) in [5, 5.41) is 3.06. The van der Waals surface area contributed by atoms with Gasteiger partial charge in [-0.3, -0.25) is 4.79 Å². The van der Waals surface area contributed by atoms with Crippen LogP contribution in [0.4, 0.5) is 0 Å². The Hall–Kier alpha value is -1.15. The van der Waals surface area contributed by atoms with E-state index >= 15 is 0 Å². The van der Waals surface area contributed by atoms with Crippen LogP contribution in [0.3, 0.4) is 0 Å². The summed E-state index contributed by atoms with van der Waals surface area (Å²) in [6.45, 7) is 3.01. The maximum absolute atomic E-state index is 12.3. The highest BCUT2D eigenvalue weighted by Gasteiger charge is 2.29. The number of hydrogen-bond acceptors (Lipinski definition) is 4. The Balaban J connectivity index is 1.88. The quantitative estimate of drug-likeness (QED) is 0.867. The molecule has 1 saturated heterocycles. The number of amides is 1. The Morgan fingerprint density at radius 1 is 1.50 bits per heavy atom. The fraction of sp³-hybridized carbons (Fsp3) is 0.500. The molecular formula is C14H19ClN2O4S. The monoisotopic (exact) mass is 346 g/mol. The SMILES string of the molecule is CC1COCCN1S(=O)(=O)CCNC(=O)c1cccc(Cl)c1. The fourth-order valence-corrected chi connectivity index (χ4v) is 4.01. The standard InChI is InChI=1S/C14H19ClN2O4S/c1-11-10-21-7-6-17(11)22(19,20)8-5-16-14(18)12-3-2-4-13(15)9-12/h2-4,9,11H,5-8,10H2,1H3,(H,16,18). The van der Waals surface area contributed by atoms with E-state index in [-0.39, 0.29) is 24.2 Å². The van der Waals surface area contributed by atoms with Gasteiger partial charge < -0.3 is 10.1 Å². The van der Waals surface area contributed by atoms with E-state index in [1.807, 2.05) is 0 Å². The molecule has 1 aliphatic rings. The van der Waals surface area contributed by atoms with Crippen molar-refractivity contribution < 1.29 is 17.9 Å². The predicted octanol–water partition coefficient (Wildman–Crippen LogP) is 1.12. The number of nitrogens with one attached hydrogen (secondary N) is 1. The predicted molar refractivity (Wildman–Crippen MR) is 84.6 cm³/mol. The highest BCUT2D eigenvalue weighted by atomic mass is 35.5.